The molecule has 0 aromatic heterocycles. The number of carbonyl (C=O) groups is 1. The summed E-state index contributed by atoms with van der Waals surface area (Å²) in [5.74, 6) is -0.351. The fourth-order valence-electron chi connectivity index (χ4n) is 2.57. The minimum absolute atomic E-state index is 0.110. The zero-order valence-corrected chi connectivity index (χ0v) is 12.9. The number of carbonyl (C=O) groups excluding carboxylic acids is 1. The molecule has 1 aromatic rings. The van der Waals surface area contributed by atoms with Crippen molar-refractivity contribution in [2.75, 3.05) is 19.3 Å². The van der Waals surface area contributed by atoms with Crippen molar-refractivity contribution < 1.29 is 13.2 Å². The van der Waals surface area contributed by atoms with Crippen LogP contribution < -0.4 is 11.1 Å². The van der Waals surface area contributed by atoms with E-state index in [1.165, 1.54) is 11.4 Å². The third-order valence-electron chi connectivity index (χ3n) is 3.69. The molecule has 1 unspecified atom stereocenters. The summed E-state index contributed by atoms with van der Waals surface area (Å²) in [5, 5.41) is 2.55. The minimum atomic E-state index is -3.52. The van der Waals surface area contributed by atoms with Crippen molar-refractivity contribution in [1.29, 1.82) is 0 Å². The van der Waals surface area contributed by atoms with Crippen LogP contribution >= 0.6 is 0 Å². The Hall–Kier alpha value is -1.60. The fourth-order valence-corrected chi connectivity index (χ4v) is 4.35. The quantitative estimate of drug-likeness (QED) is 0.801. The van der Waals surface area contributed by atoms with Gasteiger partial charge in [0.25, 0.3) is 0 Å². The van der Waals surface area contributed by atoms with Gasteiger partial charge in [-0.05, 0) is 30.5 Å². The molecule has 1 heterocycles. The van der Waals surface area contributed by atoms with Crippen molar-refractivity contribution in [2.45, 2.75) is 31.1 Å². The van der Waals surface area contributed by atoms with Crippen LogP contribution in [0.15, 0.2) is 24.3 Å². The maximum absolute atomic E-state index is 12.6. The molecule has 7 heteroatoms. The van der Waals surface area contributed by atoms with Gasteiger partial charge in [0.05, 0.1) is 5.75 Å². The molecular weight excluding hydrogens is 290 g/mol. The number of hydrogen-bond donors (Lipinski definition) is 2. The summed E-state index contributed by atoms with van der Waals surface area (Å²) in [6.07, 6.45) is 2.22. The monoisotopic (exact) mass is 311 g/mol. The van der Waals surface area contributed by atoms with Gasteiger partial charge in [0.15, 0.2) is 0 Å². The Morgan fingerprint density at radius 3 is 2.62 bits per heavy atom. The van der Waals surface area contributed by atoms with Gasteiger partial charge in [0, 0.05) is 19.3 Å². The summed E-state index contributed by atoms with van der Waals surface area (Å²) in [4.78, 5) is 11.9. The van der Waals surface area contributed by atoms with E-state index in [4.69, 9.17) is 5.73 Å². The lowest BCUT2D eigenvalue weighted by Gasteiger charge is -2.33. The van der Waals surface area contributed by atoms with Gasteiger partial charge in [-0.3, -0.25) is 4.79 Å². The molecule has 1 atom stereocenters. The number of sulfonamides is 1. The molecule has 1 aliphatic rings. The van der Waals surface area contributed by atoms with Gasteiger partial charge in [0.1, 0.15) is 6.04 Å². The number of nitrogen functional groups attached to an aromatic ring is 1. The SMILES string of the molecule is CNC(=O)C1CCCCN1S(=O)(=O)Cc1ccc(N)cc1. The number of hydrogen-bond acceptors (Lipinski definition) is 4. The van der Waals surface area contributed by atoms with Gasteiger partial charge in [-0.2, -0.15) is 4.31 Å². The molecule has 1 aliphatic heterocycles. The van der Waals surface area contributed by atoms with E-state index < -0.39 is 16.1 Å². The van der Waals surface area contributed by atoms with E-state index in [2.05, 4.69) is 5.32 Å². The van der Waals surface area contributed by atoms with E-state index in [1.807, 2.05) is 0 Å². The highest BCUT2D eigenvalue weighted by Gasteiger charge is 2.36. The smallest absolute Gasteiger partial charge is 0.238 e. The molecule has 1 amide bonds. The van der Waals surface area contributed by atoms with E-state index >= 15 is 0 Å². The summed E-state index contributed by atoms with van der Waals surface area (Å²) >= 11 is 0. The van der Waals surface area contributed by atoms with Crippen molar-refractivity contribution in [2.24, 2.45) is 0 Å². The number of likely N-dealkylation sites (N-methyl/N-ethyl adjacent to an activating group) is 1. The number of piperidine rings is 1. The Bertz CT molecular complexity index is 598. The molecule has 3 N–H and O–H groups in total. The molecule has 116 valence electrons. The molecule has 1 fully saturated rings. The first kappa shape index (κ1) is 15.8. The molecule has 0 bridgehead atoms. The van der Waals surface area contributed by atoms with Crippen LogP contribution in [0.3, 0.4) is 0 Å². The Morgan fingerprint density at radius 1 is 1.33 bits per heavy atom. The summed E-state index contributed by atoms with van der Waals surface area (Å²) in [6.45, 7) is 0.398. The predicted octanol–water partition coefficient (Wildman–Crippen LogP) is 0.699. The first-order chi connectivity index (χ1) is 9.94. The topological polar surface area (TPSA) is 92.5 Å². The lowest BCUT2D eigenvalue weighted by Crippen LogP contribution is -2.51. The number of benzene rings is 1. The van der Waals surface area contributed by atoms with Gasteiger partial charge in [-0.15, -0.1) is 0 Å². The van der Waals surface area contributed by atoms with Crippen LogP contribution in [-0.2, 0) is 20.6 Å². The third kappa shape index (κ3) is 3.74. The first-order valence-corrected chi connectivity index (χ1v) is 8.60. The number of nitrogens with one attached hydrogen (secondary N) is 1. The Labute approximate surface area is 125 Å². The molecule has 0 aliphatic carbocycles. The van der Waals surface area contributed by atoms with Crippen molar-refractivity contribution in [1.82, 2.24) is 9.62 Å². The van der Waals surface area contributed by atoms with Crippen molar-refractivity contribution in [3.8, 4) is 0 Å². The van der Waals surface area contributed by atoms with Crippen LogP contribution in [0.1, 0.15) is 24.8 Å². The number of amides is 1. The molecule has 6 nitrogen and oxygen atoms in total. The molecule has 1 saturated heterocycles. The summed E-state index contributed by atoms with van der Waals surface area (Å²) in [6, 6.07) is 6.16. The minimum Gasteiger partial charge on any atom is -0.399 e. The fraction of sp³-hybridized carbons (Fsp3) is 0.500. The molecule has 1 aromatic carbocycles. The van der Waals surface area contributed by atoms with Gasteiger partial charge in [0.2, 0.25) is 15.9 Å². The molecule has 2 rings (SSSR count). The lowest BCUT2D eigenvalue weighted by molar-refractivity contribution is -0.125. The third-order valence-corrected chi connectivity index (χ3v) is 5.54. The second-order valence-electron chi connectivity index (χ2n) is 5.23. The number of nitrogens with two attached hydrogens (primary N) is 1. The highest BCUT2D eigenvalue weighted by atomic mass is 32.2. The number of nitrogens with zero attached hydrogens (tertiary/aromatic N) is 1. The standard InChI is InChI=1S/C14H21N3O3S/c1-16-14(18)13-4-2-3-9-17(13)21(19,20)10-11-5-7-12(15)8-6-11/h5-8,13H,2-4,9-10,15H2,1H3,(H,16,18). The van der Waals surface area contributed by atoms with E-state index in [-0.39, 0.29) is 11.7 Å². The van der Waals surface area contributed by atoms with Crippen molar-refractivity contribution in [3.63, 3.8) is 0 Å². The average molecular weight is 311 g/mol. The molecule has 0 spiro atoms. The maximum Gasteiger partial charge on any atom is 0.238 e. The van der Waals surface area contributed by atoms with Crippen molar-refractivity contribution in [3.05, 3.63) is 29.8 Å². The Morgan fingerprint density at radius 2 is 2.00 bits per heavy atom. The van der Waals surface area contributed by atoms with Gasteiger partial charge < -0.3 is 11.1 Å². The van der Waals surface area contributed by atoms with Crippen LogP contribution in [0.5, 0.6) is 0 Å². The summed E-state index contributed by atoms with van der Waals surface area (Å²) in [5.41, 5.74) is 6.87. The van der Waals surface area contributed by atoms with E-state index in [9.17, 15) is 13.2 Å². The van der Waals surface area contributed by atoms with Gasteiger partial charge in [-0.25, -0.2) is 8.42 Å². The molecule has 0 radical (unpaired) electrons. The lowest BCUT2D eigenvalue weighted by atomic mass is 10.0. The normalized spacial score (nSPS) is 20.1. The van der Waals surface area contributed by atoms with Crippen LogP contribution in [0.25, 0.3) is 0 Å². The zero-order valence-electron chi connectivity index (χ0n) is 12.1. The number of anilines is 1. The van der Waals surface area contributed by atoms with Gasteiger partial charge in [-0.1, -0.05) is 18.6 Å². The highest BCUT2D eigenvalue weighted by Crippen LogP contribution is 2.23. The molecular formula is C14H21N3O3S. The second kappa shape index (κ2) is 6.44. The largest absolute Gasteiger partial charge is 0.399 e. The zero-order chi connectivity index (χ0) is 15.5. The molecule has 21 heavy (non-hydrogen) atoms. The first-order valence-electron chi connectivity index (χ1n) is 6.99. The van der Waals surface area contributed by atoms with E-state index in [0.717, 1.165) is 12.8 Å². The summed E-state index contributed by atoms with van der Waals surface area (Å²) < 4.78 is 26.5. The second-order valence-corrected chi connectivity index (χ2v) is 7.16. The van der Waals surface area contributed by atoms with Crippen LogP contribution in [0, 0.1) is 0 Å². The Kier molecular flexibility index (Phi) is 4.84. The van der Waals surface area contributed by atoms with Crippen LogP contribution in [0.2, 0.25) is 0 Å². The van der Waals surface area contributed by atoms with Crippen LogP contribution in [0.4, 0.5) is 5.69 Å². The molecule has 0 saturated carbocycles. The average Bonchev–Trinajstić information content (AvgIpc) is 2.48. The summed E-state index contributed by atoms with van der Waals surface area (Å²) in [7, 11) is -1.99. The van der Waals surface area contributed by atoms with Crippen LogP contribution in [-0.4, -0.2) is 38.3 Å². The maximum atomic E-state index is 12.6. The number of rotatable bonds is 4. The van der Waals surface area contributed by atoms with Crippen molar-refractivity contribution >= 4 is 21.6 Å². The Balaban J connectivity index is 2.20. The highest BCUT2D eigenvalue weighted by molar-refractivity contribution is 7.88. The predicted molar refractivity (Wildman–Crippen MR) is 81.9 cm³/mol. The van der Waals surface area contributed by atoms with E-state index in [1.54, 1.807) is 24.3 Å². The van der Waals surface area contributed by atoms with Gasteiger partial charge >= 0.3 is 0 Å². The van der Waals surface area contributed by atoms with E-state index in [0.29, 0.717) is 24.2 Å².